The lowest BCUT2D eigenvalue weighted by molar-refractivity contribution is -0.126. The molecule has 1 saturated heterocycles. The Morgan fingerprint density at radius 2 is 2.11 bits per heavy atom. The molecule has 2 N–H and O–H groups in total. The number of amides is 2. The van der Waals surface area contributed by atoms with Crippen LogP contribution in [0.1, 0.15) is 18.4 Å². The predicted octanol–water partition coefficient (Wildman–Crippen LogP) is 2.77. The highest BCUT2D eigenvalue weighted by Crippen LogP contribution is 2.29. The molecule has 0 bridgehead atoms. The SMILES string of the molecule is Cc1cc(Cl)c(NC(=O)C2CCC(=O)NC2)cc1Cl. The fourth-order valence-electron chi connectivity index (χ4n) is 1.93. The Morgan fingerprint density at radius 1 is 1.37 bits per heavy atom. The van der Waals surface area contributed by atoms with Crippen LogP contribution in [0.3, 0.4) is 0 Å². The molecular formula is C13H14Cl2N2O2. The second kappa shape index (κ2) is 5.80. The zero-order valence-electron chi connectivity index (χ0n) is 10.4. The number of halogens is 2. The van der Waals surface area contributed by atoms with Crippen LogP contribution in [0.25, 0.3) is 0 Å². The van der Waals surface area contributed by atoms with Gasteiger partial charge in [0.25, 0.3) is 0 Å². The maximum absolute atomic E-state index is 12.1. The molecule has 1 atom stereocenters. The molecule has 2 amide bonds. The van der Waals surface area contributed by atoms with Crippen LogP contribution in [-0.4, -0.2) is 18.4 Å². The Kier molecular flexibility index (Phi) is 4.32. The fraction of sp³-hybridized carbons (Fsp3) is 0.385. The summed E-state index contributed by atoms with van der Waals surface area (Å²) in [6, 6.07) is 3.35. The number of nitrogens with one attached hydrogen (secondary N) is 2. The highest BCUT2D eigenvalue weighted by Gasteiger charge is 2.24. The lowest BCUT2D eigenvalue weighted by atomic mass is 9.98. The van der Waals surface area contributed by atoms with Crippen LogP contribution in [0, 0.1) is 12.8 Å². The molecule has 1 heterocycles. The van der Waals surface area contributed by atoms with Gasteiger partial charge in [-0.25, -0.2) is 0 Å². The van der Waals surface area contributed by atoms with Gasteiger partial charge in [0.2, 0.25) is 11.8 Å². The average molecular weight is 301 g/mol. The second-order valence-electron chi connectivity index (χ2n) is 4.61. The van der Waals surface area contributed by atoms with E-state index in [9.17, 15) is 9.59 Å². The van der Waals surface area contributed by atoms with Gasteiger partial charge < -0.3 is 10.6 Å². The maximum Gasteiger partial charge on any atom is 0.229 e. The third-order valence-corrected chi connectivity index (χ3v) is 3.86. The van der Waals surface area contributed by atoms with Crippen LogP contribution in [0.5, 0.6) is 0 Å². The van der Waals surface area contributed by atoms with Gasteiger partial charge in [-0.15, -0.1) is 0 Å². The zero-order valence-corrected chi connectivity index (χ0v) is 11.9. The van der Waals surface area contributed by atoms with Crippen LogP contribution in [0.15, 0.2) is 12.1 Å². The molecule has 0 aliphatic carbocycles. The largest absolute Gasteiger partial charge is 0.355 e. The van der Waals surface area contributed by atoms with Crippen molar-refractivity contribution in [1.29, 1.82) is 0 Å². The molecule has 1 aliphatic heterocycles. The standard InChI is InChI=1S/C13H14Cl2N2O2/c1-7-4-10(15)11(5-9(7)14)17-13(19)8-2-3-12(18)16-6-8/h4-5,8H,2-3,6H2,1H3,(H,16,18)(H,17,19). The summed E-state index contributed by atoms with van der Waals surface area (Å²) in [5, 5.41) is 6.44. The van der Waals surface area contributed by atoms with Gasteiger partial charge in [-0.1, -0.05) is 23.2 Å². The normalized spacial score (nSPS) is 18.9. The van der Waals surface area contributed by atoms with Gasteiger partial charge in [-0.05, 0) is 31.0 Å². The van der Waals surface area contributed by atoms with Crippen molar-refractivity contribution in [3.63, 3.8) is 0 Å². The maximum atomic E-state index is 12.1. The summed E-state index contributed by atoms with van der Waals surface area (Å²) in [4.78, 5) is 23.1. The Labute approximate surface area is 121 Å². The molecular weight excluding hydrogens is 287 g/mol. The van der Waals surface area contributed by atoms with E-state index in [1.165, 1.54) is 0 Å². The third kappa shape index (κ3) is 3.39. The van der Waals surface area contributed by atoms with Crippen LogP contribution >= 0.6 is 23.2 Å². The van der Waals surface area contributed by atoms with Crippen LogP contribution in [0.4, 0.5) is 5.69 Å². The number of anilines is 1. The molecule has 1 aromatic carbocycles. The lowest BCUT2D eigenvalue weighted by Crippen LogP contribution is -2.40. The van der Waals surface area contributed by atoms with Gasteiger partial charge in [0, 0.05) is 18.0 Å². The van der Waals surface area contributed by atoms with Gasteiger partial charge in [-0.2, -0.15) is 0 Å². The second-order valence-corrected chi connectivity index (χ2v) is 5.42. The van der Waals surface area contributed by atoms with Gasteiger partial charge in [-0.3, -0.25) is 9.59 Å². The van der Waals surface area contributed by atoms with Gasteiger partial charge in [0.05, 0.1) is 16.6 Å². The van der Waals surface area contributed by atoms with Crippen LogP contribution in [0.2, 0.25) is 10.0 Å². The average Bonchev–Trinajstić information content (AvgIpc) is 2.36. The molecule has 0 radical (unpaired) electrons. The summed E-state index contributed by atoms with van der Waals surface area (Å²) < 4.78 is 0. The van der Waals surface area contributed by atoms with E-state index in [1.54, 1.807) is 12.1 Å². The minimum Gasteiger partial charge on any atom is -0.355 e. The van der Waals surface area contributed by atoms with Crippen molar-refractivity contribution in [2.45, 2.75) is 19.8 Å². The van der Waals surface area contributed by atoms with Crippen LogP contribution in [-0.2, 0) is 9.59 Å². The van der Waals surface area contributed by atoms with Gasteiger partial charge in [0.1, 0.15) is 0 Å². The van der Waals surface area contributed by atoms with E-state index in [0.29, 0.717) is 35.1 Å². The number of rotatable bonds is 2. The summed E-state index contributed by atoms with van der Waals surface area (Å²) in [6.07, 6.45) is 0.926. The minimum absolute atomic E-state index is 0.0135. The van der Waals surface area contributed by atoms with Gasteiger partial charge in [0.15, 0.2) is 0 Å². The Hall–Kier alpha value is -1.26. The molecule has 0 spiro atoms. The Morgan fingerprint density at radius 3 is 2.74 bits per heavy atom. The van der Waals surface area contributed by atoms with E-state index >= 15 is 0 Å². The Balaban J connectivity index is 2.07. The zero-order chi connectivity index (χ0) is 14.0. The van der Waals surface area contributed by atoms with Crippen LogP contribution < -0.4 is 10.6 Å². The molecule has 0 aromatic heterocycles. The first-order chi connectivity index (χ1) is 8.97. The van der Waals surface area contributed by atoms with E-state index in [1.807, 2.05) is 6.92 Å². The molecule has 2 rings (SSSR count). The first-order valence-electron chi connectivity index (χ1n) is 6.00. The van der Waals surface area contributed by atoms with E-state index in [2.05, 4.69) is 10.6 Å². The van der Waals surface area contributed by atoms with Crippen molar-refractivity contribution >= 4 is 40.7 Å². The topological polar surface area (TPSA) is 58.2 Å². The van der Waals surface area contributed by atoms with Crippen molar-refractivity contribution in [3.05, 3.63) is 27.7 Å². The highest BCUT2D eigenvalue weighted by molar-refractivity contribution is 6.36. The summed E-state index contributed by atoms with van der Waals surface area (Å²) in [5.74, 6) is -0.392. The van der Waals surface area contributed by atoms with Crippen molar-refractivity contribution in [2.75, 3.05) is 11.9 Å². The fourth-order valence-corrected chi connectivity index (χ4v) is 2.36. The predicted molar refractivity (Wildman–Crippen MR) is 75.6 cm³/mol. The van der Waals surface area contributed by atoms with E-state index in [4.69, 9.17) is 23.2 Å². The third-order valence-electron chi connectivity index (χ3n) is 3.14. The Bertz CT molecular complexity index is 522. The monoisotopic (exact) mass is 300 g/mol. The van der Waals surface area contributed by atoms with Crippen molar-refractivity contribution in [3.8, 4) is 0 Å². The molecule has 1 fully saturated rings. The molecule has 1 aliphatic rings. The quantitative estimate of drug-likeness (QED) is 0.882. The molecule has 1 aromatic rings. The number of piperidine rings is 1. The number of carbonyl (C=O) groups is 2. The molecule has 19 heavy (non-hydrogen) atoms. The molecule has 4 nitrogen and oxygen atoms in total. The summed E-state index contributed by atoms with van der Waals surface area (Å²) >= 11 is 12.1. The highest BCUT2D eigenvalue weighted by atomic mass is 35.5. The van der Waals surface area contributed by atoms with E-state index in [0.717, 1.165) is 5.56 Å². The minimum atomic E-state index is -0.228. The van der Waals surface area contributed by atoms with Crippen molar-refractivity contribution < 1.29 is 9.59 Å². The first kappa shape index (κ1) is 14.2. The van der Waals surface area contributed by atoms with Crippen molar-refractivity contribution in [2.24, 2.45) is 5.92 Å². The van der Waals surface area contributed by atoms with Gasteiger partial charge >= 0.3 is 0 Å². The van der Waals surface area contributed by atoms with E-state index < -0.39 is 0 Å². The number of hydrogen-bond acceptors (Lipinski definition) is 2. The molecule has 0 saturated carbocycles. The summed E-state index contributed by atoms with van der Waals surface area (Å²) in [6.45, 7) is 2.21. The summed E-state index contributed by atoms with van der Waals surface area (Å²) in [7, 11) is 0. The van der Waals surface area contributed by atoms with Crippen molar-refractivity contribution in [1.82, 2.24) is 5.32 Å². The first-order valence-corrected chi connectivity index (χ1v) is 6.76. The smallest absolute Gasteiger partial charge is 0.229 e. The lowest BCUT2D eigenvalue weighted by Gasteiger charge is -2.22. The summed E-state index contributed by atoms with van der Waals surface area (Å²) in [5.41, 5.74) is 1.36. The number of carbonyl (C=O) groups excluding carboxylic acids is 2. The number of hydrogen-bond donors (Lipinski definition) is 2. The number of aryl methyl sites for hydroxylation is 1. The molecule has 102 valence electrons. The molecule has 6 heteroatoms. The number of benzene rings is 1. The van der Waals surface area contributed by atoms with E-state index in [-0.39, 0.29) is 17.7 Å². The molecule has 1 unspecified atom stereocenters.